The van der Waals surface area contributed by atoms with Gasteiger partial charge in [-0.15, -0.1) is 0 Å². The minimum Gasteiger partial charge on any atom is -0.507 e. The third-order valence-electron chi connectivity index (χ3n) is 15.4. The number of aromatic nitrogens is 3. The highest BCUT2D eigenvalue weighted by atomic mass is 16.5. The van der Waals surface area contributed by atoms with E-state index in [4.69, 9.17) is 14.7 Å². The Labute approximate surface area is 445 Å². The van der Waals surface area contributed by atoms with Crippen molar-refractivity contribution in [1.29, 1.82) is 0 Å². The highest BCUT2D eigenvalue weighted by Crippen LogP contribution is 2.49. The van der Waals surface area contributed by atoms with Gasteiger partial charge in [0.25, 0.3) is 0 Å². The van der Waals surface area contributed by atoms with Crippen molar-refractivity contribution in [2.24, 2.45) is 0 Å². The molecule has 3 aliphatic rings. The van der Waals surface area contributed by atoms with Gasteiger partial charge >= 0.3 is 6.85 Å². The van der Waals surface area contributed by atoms with Gasteiger partial charge < -0.3 is 14.7 Å². The quantitative estimate of drug-likeness (QED) is 0.168. The van der Waals surface area contributed by atoms with E-state index in [0.29, 0.717) is 11.4 Å². The summed E-state index contributed by atoms with van der Waals surface area (Å²) in [6, 6.07) is 48.1. The van der Waals surface area contributed by atoms with E-state index < -0.39 is 6.85 Å². The molecule has 376 valence electrons. The Bertz CT molecular complexity index is 3680. The molecule has 0 unspecified atom stereocenters. The van der Waals surface area contributed by atoms with Crippen LogP contribution >= 0.6 is 0 Å². The average molecular weight is 985 g/mol. The summed E-state index contributed by atoms with van der Waals surface area (Å²) in [7, 11) is 0. The molecule has 0 bridgehead atoms. The zero-order valence-electron chi connectivity index (χ0n) is 46.2. The van der Waals surface area contributed by atoms with Crippen molar-refractivity contribution in [2.75, 3.05) is 0 Å². The lowest BCUT2D eigenvalue weighted by molar-refractivity contribution is 0.315. The van der Waals surface area contributed by atoms with E-state index in [-0.39, 0.29) is 27.4 Å². The van der Waals surface area contributed by atoms with Crippen molar-refractivity contribution < 1.29 is 9.84 Å². The fraction of sp³-hybridized carbons (Fsp3) is 0.265. The second-order valence-corrected chi connectivity index (χ2v) is 25.0. The molecule has 0 aliphatic carbocycles. The summed E-state index contributed by atoms with van der Waals surface area (Å²) in [4.78, 5) is 13.6. The van der Waals surface area contributed by atoms with Gasteiger partial charge in [0, 0.05) is 39.7 Å². The highest BCUT2D eigenvalue weighted by molar-refractivity contribution is 6.85. The van der Waals surface area contributed by atoms with E-state index in [1.54, 1.807) is 0 Å². The predicted octanol–water partition coefficient (Wildman–Crippen LogP) is 15.4. The van der Waals surface area contributed by atoms with Gasteiger partial charge in [0.05, 0.1) is 28.2 Å². The Morgan fingerprint density at radius 1 is 0.573 bits per heavy atom. The number of phenolic OH excluding ortho intramolecular Hbond substituents is 1. The third-order valence-corrected chi connectivity index (χ3v) is 15.4. The van der Waals surface area contributed by atoms with Crippen LogP contribution in [0.5, 0.6) is 11.5 Å². The number of phenols is 1. The smallest absolute Gasteiger partial charge is 0.357 e. The van der Waals surface area contributed by atoms with Crippen LogP contribution in [0.15, 0.2) is 169 Å². The number of imidazole rings is 1. The molecule has 11 rings (SSSR count). The third kappa shape index (κ3) is 8.55. The number of nitrogens with zero attached hydrogens (tertiary/aromatic N) is 4. The molecule has 7 heteroatoms. The van der Waals surface area contributed by atoms with Crippen LogP contribution in [0.2, 0.25) is 0 Å². The number of fused-ring (bicyclic) bond motifs is 4. The summed E-state index contributed by atoms with van der Waals surface area (Å²) in [5, 5.41) is 13.1. The standard InChI is InChI=1S/C68H69BN4O2/c1-41-23-21-24-42(2)58(41)59-56-29-22-30-57-73(56)69(53-36-46(35-52(62(53)75-57)68(12,13)14)54-37-45(33-34-70-54)43-25-17-15-18-26-43)63-60(59)72(55-32-31-47(65(3,4)5)38-49(55)44-27-19-16-20-28-44)64(71-63)50-39-48(66(6,7)8)40-51(61(50)74)67(9,10)11/h15-40,74H,1-14H3. The number of allylic oxidation sites excluding steroid dienone is 3. The minimum atomic E-state index is -0.453. The number of hydrogen-bond donors (Lipinski definition) is 1. The number of ether oxygens (including phenoxy) is 1. The molecule has 6 nitrogen and oxygen atoms in total. The van der Waals surface area contributed by atoms with E-state index in [1.165, 1.54) is 5.56 Å². The second kappa shape index (κ2) is 17.8. The topological polar surface area (TPSA) is 63.4 Å². The lowest BCUT2D eigenvalue weighted by Gasteiger charge is -2.44. The Morgan fingerprint density at radius 3 is 1.85 bits per heavy atom. The predicted molar refractivity (Wildman–Crippen MR) is 313 cm³/mol. The van der Waals surface area contributed by atoms with Crippen molar-refractivity contribution in [1.82, 2.24) is 19.3 Å². The highest BCUT2D eigenvalue weighted by Gasteiger charge is 2.50. The normalized spacial score (nSPS) is 14.3. The first kappa shape index (κ1) is 49.6. The second-order valence-electron chi connectivity index (χ2n) is 25.0. The molecule has 0 fully saturated rings. The fourth-order valence-electron chi connectivity index (χ4n) is 11.4. The Morgan fingerprint density at radius 2 is 1.21 bits per heavy atom. The molecule has 0 atom stereocenters. The van der Waals surface area contributed by atoms with Crippen molar-refractivity contribution in [2.45, 2.75) is 119 Å². The molecule has 5 heterocycles. The molecule has 1 N–H and O–H groups in total. The molecule has 6 aromatic carbocycles. The summed E-state index contributed by atoms with van der Waals surface area (Å²) in [5.41, 5.74) is 19.5. The van der Waals surface area contributed by atoms with Crippen molar-refractivity contribution >= 4 is 23.5 Å². The van der Waals surface area contributed by atoms with Crippen LogP contribution in [0.1, 0.15) is 128 Å². The molecule has 3 aliphatic heterocycles. The zero-order valence-corrected chi connectivity index (χ0v) is 46.2. The molecule has 0 spiro atoms. The summed E-state index contributed by atoms with van der Waals surface area (Å²) in [5.74, 6) is 2.48. The Balaban J connectivity index is 1.33. The van der Waals surface area contributed by atoms with E-state index in [2.05, 4.69) is 258 Å². The maximum atomic E-state index is 13.1. The van der Waals surface area contributed by atoms with Crippen LogP contribution < -0.4 is 15.8 Å². The van der Waals surface area contributed by atoms with Gasteiger partial charge in [-0.25, -0.2) is 4.98 Å². The van der Waals surface area contributed by atoms with Gasteiger partial charge in [0.15, 0.2) is 5.88 Å². The first-order chi connectivity index (χ1) is 35.5. The molecule has 0 radical (unpaired) electrons. The largest absolute Gasteiger partial charge is 0.507 e. The maximum Gasteiger partial charge on any atom is 0.357 e. The molecule has 0 amide bonds. The number of benzene rings is 6. The summed E-state index contributed by atoms with van der Waals surface area (Å²) in [6.45, 7) is 30.9. The Kier molecular flexibility index (Phi) is 11.7. The summed E-state index contributed by atoms with van der Waals surface area (Å²) in [6.07, 6.45) is 8.41. The van der Waals surface area contributed by atoms with Crippen LogP contribution in [0, 0.1) is 13.8 Å². The molecule has 0 saturated heterocycles. The van der Waals surface area contributed by atoms with Gasteiger partial charge in [0.2, 0.25) is 0 Å². The molecule has 0 saturated carbocycles. The lowest BCUT2D eigenvalue weighted by atomic mass is 9.47. The monoisotopic (exact) mass is 985 g/mol. The Hall–Kier alpha value is -7.64. The van der Waals surface area contributed by atoms with Crippen LogP contribution in [0.4, 0.5) is 0 Å². The van der Waals surface area contributed by atoms with Crippen molar-refractivity contribution in [3.05, 3.63) is 214 Å². The van der Waals surface area contributed by atoms with E-state index in [9.17, 15) is 5.11 Å². The summed E-state index contributed by atoms with van der Waals surface area (Å²) < 4.78 is 9.74. The summed E-state index contributed by atoms with van der Waals surface area (Å²) >= 11 is 0. The first-order valence-electron chi connectivity index (χ1n) is 26.6. The SMILES string of the molecule is Cc1cccc(C)c1C1=C2C=CC=C3Oc4c(cc(-c5cc(-c6ccccc6)ccn5)cc4C(C)(C)C)B(c4nc(-c5cc(C(C)(C)C)cc(C(C)(C)C)c5O)n(-c5ccc(C(C)(C)C)cc5-c5ccccc5)c41)N32. The number of hydrogen-bond acceptors (Lipinski definition) is 5. The molecule has 8 aromatic rings. The van der Waals surface area contributed by atoms with E-state index in [1.807, 2.05) is 6.20 Å². The van der Waals surface area contributed by atoms with Gasteiger partial charge in [-0.1, -0.05) is 186 Å². The van der Waals surface area contributed by atoms with E-state index in [0.717, 1.165) is 112 Å². The average Bonchev–Trinajstić information content (AvgIpc) is 3.77. The molecule has 2 aromatic heterocycles. The van der Waals surface area contributed by atoms with Gasteiger partial charge in [0.1, 0.15) is 17.3 Å². The molecular formula is C68H69BN4O2. The fourth-order valence-corrected chi connectivity index (χ4v) is 11.4. The minimum absolute atomic E-state index is 0.133. The number of aromatic hydroxyl groups is 1. The van der Waals surface area contributed by atoms with Crippen LogP contribution in [0.25, 0.3) is 56.2 Å². The molecule has 75 heavy (non-hydrogen) atoms. The van der Waals surface area contributed by atoms with Crippen LogP contribution in [-0.2, 0) is 21.7 Å². The first-order valence-corrected chi connectivity index (χ1v) is 26.6. The van der Waals surface area contributed by atoms with Crippen LogP contribution in [-0.4, -0.2) is 31.3 Å². The van der Waals surface area contributed by atoms with Crippen molar-refractivity contribution in [3.63, 3.8) is 0 Å². The number of rotatable bonds is 6. The van der Waals surface area contributed by atoms with E-state index >= 15 is 0 Å². The number of pyridine rings is 1. The van der Waals surface area contributed by atoms with Gasteiger partial charge in [-0.3, -0.25) is 9.55 Å². The molecular weight excluding hydrogens is 916 g/mol. The zero-order chi connectivity index (χ0) is 53.1. The van der Waals surface area contributed by atoms with Crippen LogP contribution in [0.3, 0.4) is 0 Å². The lowest BCUT2D eigenvalue weighted by Crippen LogP contribution is -2.63. The van der Waals surface area contributed by atoms with Gasteiger partial charge in [-0.2, -0.15) is 0 Å². The van der Waals surface area contributed by atoms with Gasteiger partial charge in [-0.05, 0) is 134 Å². The van der Waals surface area contributed by atoms with Crippen molar-refractivity contribution in [3.8, 4) is 62.1 Å². The maximum absolute atomic E-state index is 13.1. The number of aryl methyl sites for hydroxylation is 2.